The molecule has 1 rings (SSSR count). The Labute approximate surface area is 105 Å². The SMILES string of the molecule is COC(=O)NNC(=O)C=Cc1ccccc1OC. The quantitative estimate of drug-likeness (QED) is 0.622. The van der Waals surface area contributed by atoms with E-state index in [-0.39, 0.29) is 0 Å². The number of hydrogen-bond donors (Lipinski definition) is 2. The first-order valence-corrected chi connectivity index (χ1v) is 5.12. The summed E-state index contributed by atoms with van der Waals surface area (Å²) < 4.78 is 9.41. The summed E-state index contributed by atoms with van der Waals surface area (Å²) in [6.07, 6.45) is 2.11. The van der Waals surface area contributed by atoms with Gasteiger partial charge in [-0.1, -0.05) is 18.2 Å². The van der Waals surface area contributed by atoms with Crippen LogP contribution in [0.5, 0.6) is 5.75 Å². The van der Waals surface area contributed by atoms with Crippen molar-refractivity contribution in [2.45, 2.75) is 0 Å². The number of rotatable bonds is 3. The average Bonchev–Trinajstić information content (AvgIpc) is 2.42. The molecular formula is C12H14N2O4. The normalized spacial score (nSPS) is 9.89. The smallest absolute Gasteiger partial charge is 0.425 e. The Bertz CT molecular complexity index is 457. The molecule has 0 radical (unpaired) electrons. The first-order chi connectivity index (χ1) is 8.67. The number of para-hydroxylation sites is 1. The summed E-state index contributed by atoms with van der Waals surface area (Å²) in [4.78, 5) is 22.0. The molecule has 96 valence electrons. The van der Waals surface area contributed by atoms with Gasteiger partial charge in [-0.3, -0.25) is 10.2 Å². The second-order valence-corrected chi connectivity index (χ2v) is 3.18. The molecule has 6 nitrogen and oxygen atoms in total. The molecule has 0 aliphatic carbocycles. The fourth-order valence-electron chi connectivity index (χ4n) is 1.17. The Kier molecular flexibility index (Phi) is 5.24. The lowest BCUT2D eigenvalue weighted by Crippen LogP contribution is -2.40. The van der Waals surface area contributed by atoms with Crippen LogP contribution in [-0.2, 0) is 9.53 Å². The van der Waals surface area contributed by atoms with Gasteiger partial charge in [-0.15, -0.1) is 0 Å². The zero-order valence-electron chi connectivity index (χ0n) is 10.1. The predicted octanol–water partition coefficient (Wildman–Crippen LogP) is 1.10. The van der Waals surface area contributed by atoms with Gasteiger partial charge in [-0.05, 0) is 12.1 Å². The topological polar surface area (TPSA) is 76.7 Å². The number of ether oxygens (including phenoxy) is 2. The minimum absolute atomic E-state index is 0.480. The van der Waals surface area contributed by atoms with Crippen LogP contribution in [0.1, 0.15) is 5.56 Å². The minimum Gasteiger partial charge on any atom is -0.496 e. The lowest BCUT2D eigenvalue weighted by Gasteiger charge is -2.04. The highest BCUT2D eigenvalue weighted by atomic mass is 16.5. The van der Waals surface area contributed by atoms with Gasteiger partial charge in [0.2, 0.25) is 0 Å². The van der Waals surface area contributed by atoms with E-state index in [1.165, 1.54) is 13.2 Å². The highest BCUT2D eigenvalue weighted by Crippen LogP contribution is 2.18. The molecule has 0 atom stereocenters. The van der Waals surface area contributed by atoms with Crippen LogP contribution in [-0.4, -0.2) is 26.2 Å². The molecule has 0 spiro atoms. The van der Waals surface area contributed by atoms with Crippen LogP contribution in [0.4, 0.5) is 4.79 Å². The molecule has 0 aliphatic rings. The second kappa shape index (κ2) is 6.95. The van der Waals surface area contributed by atoms with Crippen molar-refractivity contribution in [1.82, 2.24) is 10.9 Å². The van der Waals surface area contributed by atoms with Gasteiger partial charge in [-0.25, -0.2) is 10.2 Å². The van der Waals surface area contributed by atoms with Crippen LogP contribution in [0, 0.1) is 0 Å². The van der Waals surface area contributed by atoms with E-state index in [1.807, 2.05) is 12.1 Å². The van der Waals surface area contributed by atoms with Crippen LogP contribution in [0.2, 0.25) is 0 Å². The maximum Gasteiger partial charge on any atom is 0.425 e. The van der Waals surface area contributed by atoms with Crippen molar-refractivity contribution in [1.29, 1.82) is 0 Å². The van der Waals surface area contributed by atoms with E-state index in [9.17, 15) is 9.59 Å². The molecule has 0 saturated heterocycles. The molecule has 2 amide bonds. The van der Waals surface area contributed by atoms with E-state index in [1.54, 1.807) is 25.3 Å². The second-order valence-electron chi connectivity index (χ2n) is 3.18. The van der Waals surface area contributed by atoms with Crippen LogP contribution in [0.15, 0.2) is 30.3 Å². The molecule has 0 bridgehead atoms. The molecule has 1 aromatic rings. The maximum absolute atomic E-state index is 11.3. The van der Waals surface area contributed by atoms with Crippen molar-refractivity contribution in [3.63, 3.8) is 0 Å². The van der Waals surface area contributed by atoms with Crippen LogP contribution in [0.25, 0.3) is 6.08 Å². The molecule has 0 saturated carbocycles. The highest BCUT2D eigenvalue weighted by Gasteiger charge is 2.01. The summed E-state index contributed by atoms with van der Waals surface area (Å²) in [5.41, 5.74) is 4.96. The molecule has 6 heteroatoms. The van der Waals surface area contributed by atoms with Crippen LogP contribution < -0.4 is 15.6 Å². The van der Waals surface area contributed by atoms with Crippen molar-refractivity contribution in [2.24, 2.45) is 0 Å². The number of hydrazine groups is 1. The van der Waals surface area contributed by atoms with E-state index >= 15 is 0 Å². The Hall–Kier alpha value is -2.50. The number of carbonyl (C=O) groups is 2. The fourth-order valence-corrected chi connectivity index (χ4v) is 1.17. The number of amides is 2. The van der Waals surface area contributed by atoms with Crippen molar-refractivity contribution in [3.05, 3.63) is 35.9 Å². The van der Waals surface area contributed by atoms with E-state index in [0.717, 1.165) is 5.56 Å². The van der Waals surface area contributed by atoms with Gasteiger partial charge in [0.25, 0.3) is 5.91 Å². The van der Waals surface area contributed by atoms with Gasteiger partial charge < -0.3 is 9.47 Å². The maximum atomic E-state index is 11.3. The number of hydrogen-bond acceptors (Lipinski definition) is 4. The summed E-state index contributed by atoms with van der Waals surface area (Å²) in [6.45, 7) is 0. The van der Waals surface area contributed by atoms with Gasteiger partial charge >= 0.3 is 6.09 Å². The van der Waals surface area contributed by atoms with Crippen molar-refractivity contribution < 1.29 is 19.1 Å². The highest BCUT2D eigenvalue weighted by molar-refractivity contribution is 5.92. The zero-order valence-corrected chi connectivity index (χ0v) is 10.1. The third-order valence-electron chi connectivity index (χ3n) is 2.03. The minimum atomic E-state index is -0.742. The fraction of sp³-hybridized carbons (Fsp3) is 0.167. The van der Waals surface area contributed by atoms with Gasteiger partial charge in [0.1, 0.15) is 5.75 Å². The summed E-state index contributed by atoms with van der Waals surface area (Å²) in [5.74, 6) is 0.175. The van der Waals surface area contributed by atoms with Crippen LogP contribution in [0.3, 0.4) is 0 Å². The lowest BCUT2D eigenvalue weighted by molar-refractivity contribution is -0.117. The molecule has 0 fully saturated rings. The van der Waals surface area contributed by atoms with Gasteiger partial charge in [-0.2, -0.15) is 0 Å². The van der Waals surface area contributed by atoms with Gasteiger partial charge in [0.15, 0.2) is 0 Å². The summed E-state index contributed by atoms with van der Waals surface area (Å²) >= 11 is 0. The molecule has 0 heterocycles. The number of benzene rings is 1. The molecule has 0 aliphatic heterocycles. The first kappa shape index (κ1) is 13.6. The van der Waals surface area contributed by atoms with Crippen molar-refractivity contribution in [2.75, 3.05) is 14.2 Å². The Morgan fingerprint density at radius 3 is 2.56 bits per heavy atom. The van der Waals surface area contributed by atoms with Gasteiger partial charge in [0.05, 0.1) is 14.2 Å². The Morgan fingerprint density at radius 1 is 1.17 bits per heavy atom. The predicted molar refractivity (Wildman–Crippen MR) is 65.7 cm³/mol. The summed E-state index contributed by atoms with van der Waals surface area (Å²) in [6, 6.07) is 7.24. The molecule has 0 unspecified atom stereocenters. The summed E-state index contributed by atoms with van der Waals surface area (Å²) in [5, 5.41) is 0. The monoisotopic (exact) mass is 250 g/mol. The zero-order chi connectivity index (χ0) is 13.4. The largest absolute Gasteiger partial charge is 0.496 e. The van der Waals surface area contributed by atoms with Crippen molar-refractivity contribution >= 4 is 18.1 Å². The summed E-state index contributed by atoms with van der Waals surface area (Å²) in [7, 11) is 2.75. The van der Waals surface area contributed by atoms with Gasteiger partial charge in [0, 0.05) is 11.6 Å². The molecule has 1 aromatic carbocycles. The van der Waals surface area contributed by atoms with E-state index in [0.29, 0.717) is 5.75 Å². The number of methoxy groups -OCH3 is 2. The average molecular weight is 250 g/mol. The Balaban J connectivity index is 2.58. The Morgan fingerprint density at radius 2 is 1.89 bits per heavy atom. The number of nitrogens with one attached hydrogen (secondary N) is 2. The van der Waals surface area contributed by atoms with Crippen molar-refractivity contribution in [3.8, 4) is 5.75 Å². The molecular weight excluding hydrogens is 236 g/mol. The third-order valence-corrected chi connectivity index (χ3v) is 2.03. The van der Waals surface area contributed by atoms with E-state index in [4.69, 9.17) is 4.74 Å². The standard InChI is InChI=1S/C12H14N2O4/c1-17-10-6-4-3-5-9(10)7-8-11(15)13-14-12(16)18-2/h3-8H,1-2H3,(H,13,15)(H,14,16). The van der Waals surface area contributed by atoms with E-state index in [2.05, 4.69) is 15.6 Å². The third kappa shape index (κ3) is 4.17. The molecule has 0 aromatic heterocycles. The lowest BCUT2D eigenvalue weighted by atomic mass is 10.2. The number of carbonyl (C=O) groups excluding carboxylic acids is 2. The van der Waals surface area contributed by atoms with E-state index < -0.39 is 12.0 Å². The van der Waals surface area contributed by atoms with Crippen LogP contribution >= 0.6 is 0 Å². The molecule has 2 N–H and O–H groups in total. The first-order valence-electron chi connectivity index (χ1n) is 5.12. The molecule has 18 heavy (non-hydrogen) atoms.